The zero-order valence-electron chi connectivity index (χ0n) is 8.63. The third kappa shape index (κ3) is 2.09. The summed E-state index contributed by atoms with van der Waals surface area (Å²) in [5.74, 6) is 1.38. The Morgan fingerprint density at radius 1 is 1.29 bits per heavy atom. The number of hydrogen-bond acceptors (Lipinski definition) is 4. The molecule has 2 N–H and O–H groups in total. The molecule has 0 heterocycles. The number of phenolic OH excluding ortho intramolecular Hbond substituents is 1. The molecule has 0 aliphatic rings. The second-order valence-corrected chi connectivity index (χ2v) is 2.86. The summed E-state index contributed by atoms with van der Waals surface area (Å²) < 4.78 is 10.2. The number of ether oxygens (including phenoxy) is 2. The van der Waals surface area contributed by atoms with Gasteiger partial charge >= 0.3 is 0 Å². The molecule has 0 bridgehead atoms. The molecule has 0 saturated carbocycles. The normalized spacial score (nSPS) is 9.93. The highest BCUT2D eigenvalue weighted by Crippen LogP contribution is 2.32. The van der Waals surface area contributed by atoms with Gasteiger partial charge in [-0.1, -0.05) is 0 Å². The first-order chi connectivity index (χ1) is 6.72. The van der Waals surface area contributed by atoms with Crippen LogP contribution in [0.4, 0.5) is 0 Å². The topological polar surface area (TPSA) is 50.7 Å². The number of benzene rings is 1. The molecule has 1 aromatic carbocycles. The van der Waals surface area contributed by atoms with Crippen molar-refractivity contribution >= 4 is 0 Å². The lowest BCUT2D eigenvalue weighted by atomic mass is 10.1. The smallest absolute Gasteiger partial charge is 0.130 e. The molecule has 14 heavy (non-hydrogen) atoms. The van der Waals surface area contributed by atoms with Crippen LogP contribution in [-0.2, 0) is 6.54 Å². The fourth-order valence-electron chi connectivity index (χ4n) is 1.26. The molecular formula is C10H15NO3. The van der Waals surface area contributed by atoms with Crippen LogP contribution in [-0.4, -0.2) is 26.4 Å². The van der Waals surface area contributed by atoms with Gasteiger partial charge in [-0.25, -0.2) is 0 Å². The van der Waals surface area contributed by atoms with Crippen molar-refractivity contribution in [2.45, 2.75) is 6.54 Å². The summed E-state index contributed by atoms with van der Waals surface area (Å²) in [6, 6.07) is 3.31. The Hall–Kier alpha value is -1.42. The Bertz CT molecular complexity index is 312. The van der Waals surface area contributed by atoms with Crippen LogP contribution < -0.4 is 14.8 Å². The third-order valence-electron chi connectivity index (χ3n) is 1.97. The van der Waals surface area contributed by atoms with Gasteiger partial charge in [0.05, 0.1) is 14.2 Å². The predicted molar refractivity (Wildman–Crippen MR) is 54.0 cm³/mol. The van der Waals surface area contributed by atoms with Gasteiger partial charge in [-0.3, -0.25) is 0 Å². The van der Waals surface area contributed by atoms with E-state index in [4.69, 9.17) is 9.47 Å². The molecule has 1 aromatic rings. The Kier molecular flexibility index (Phi) is 3.59. The van der Waals surface area contributed by atoms with Crippen LogP contribution in [0.25, 0.3) is 0 Å². The number of methoxy groups -OCH3 is 2. The average molecular weight is 197 g/mol. The zero-order chi connectivity index (χ0) is 10.6. The number of phenols is 1. The lowest BCUT2D eigenvalue weighted by Gasteiger charge is -2.11. The molecule has 0 amide bonds. The van der Waals surface area contributed by atoms with E-state index < -0.39 is 0 Å². The van der Waals surface area contributed by atoms with Gasteiger partial charge in [0.25, 0.3) is 0 Å². The molecule has 1 rings (SSSR count). The van der Waals surface area contributed by atoms with Crippen LogP contribution in [0.3, 0.4) is 0 Å². The summed E-state index contributed by atoms with van der Waals surface area (Å²) in [6.07, 6.45) is 0. The quantitative estimate of drug-likeness (QED) is 0.759. The minimum absolute atomic E-state index is 0.176. The van der Waals surface area contributed by atoms with Gasteiger partial charge in [0.2, 0.25) is 0 Å². The number of aromatic hydroxyl groups is 1. The van der Waals surface area contributed by atoms with Crippen LogP contribution in [0.5, 0.6) is 17.2 Å². The third-order valence-corrected chi connectivity index (χ3v) is 1.97. The summed E-state index contributed by atoms with van der Waals surface area (Å²) in [5.41, 5.74) is 0.732. The summed E-state index contributed by atoms with van der Waals surface area (Å²) in [6.45, 7) is 0.555. The van der Waals surface area contributed by atoms with E-state index in [-0.39, 0.29) is 5.75 Å². The molecule has 78 valence electrons. The summed E-state index contributed by atoms with van der Waals surface area (Å²) in [5, 5.41) is 12.6. The van der Waals surface area contributed by atoms with Crippen LogP contribution in [0.15, 0.2) is 12.1 Å². The van der Waals surface area contributed by atoms with Crippen LogP contribution >= 0.6 is 0 Å². The number of hydrogen-bond donors (Lipinski definition) is 2. The highest BCUT2D eigenvalue weighted by Gasteiger charge is 2.10. The molecule has 0 aromatic heterocycles. The van der Waals surface area contributed by atoms with E-state index in [2.05, 4.69) is 5.32 Å². The summed E-state index contributed by atoms with van der Waals surface area (Å²) in [7, 11) is 4.92. The molecule has 0 saturated heterocycles. The van der Waals surface area contributed by atoms with Crippen molar-refractivity contribution in [3.63, 3.8) is 0 Å². The minimum Gasteiger partial charge on any atom is -0.507 e. The van der Waals surface area contributed by atoms with Crippen LogP contribution in [0, 0.1) is 0 Å². The molecular weight excluding hydrogens is 182 g/mol. The number of rotatable bonds is 4. The maximum atomic E-state index is 9.67. The van der Waals surface area contributed by atoms with E-state index in [0.29, 0.717) is 18.0 Å². The van der Waals surface area contributed by atoms with Crippen molar-refractivity contribution in [2.24, 2.45) is 0 Å². The van der Waals surface area contributed by atoms with Crippen LogP contribution in [0.2, 0.25) is 0 Å². The highest BCUT2D eigenvalue weighted by molar-refractivity contribution is 5.49. The van der Waals surface area contributed by atoms with Gasteiger partial charge in [0, 0.05) is 24.2 Å². The largest absolute Gasteiger partial charge is 0.507 e. The molecule has 0 spiro atoms. The molecule has 0 unspecified atom stereocenters. The lowest BCUT2D eigenvalue weighted by molar-refractivity contribution is 0.378. The van der Waals surface area contributed by atoms with Crippen molar-refractivity contribution in [1.29, 1.82) is 0 Å². The van der Waals surface area contributed by atoms with Crippen molar-refractivity contribution in [2.75, 3.05) is 21.3 Å². The second kappa shape index (κ2) is 4.72. The van der Waals surface area contributed by atoms with E-state index in [1.54, 1.807) is 26.4 Å². The Morgan fingerprint density at radius 2 is 2.00 bits per heavy atom. The lowest BCUT2D eigenvalue weighted by Crippen LogP contribution is -2.07. The van der Waals surface area contributed by atoms with Gasteiger partial charge in [-0.2, -0.15) is 0 Å². The van der Waals surface area contributed by atoms with E-state index in [9.17, 15) is 5.11 Å². The van der Waals surface area contributed by atoms with E-state index in [0.717, 1.165) is 5.56 Å². The summed E-state index contributed by atoms with van der Waals surface area (Å²) in [4.78, 5) is 0. The van der Waals surface area contributed by atoms with Crippen molar-refractivity contribution in [3.05, 3.63) is 17.7 Å². The van der Waals surface area contributed by atoms with E-state index in [1.165, 1.54) is 0 Å². The fraction of sp³-hybridized carbons (Fsp3) is 0.400. The maximum Gasteiger partial charge on any atom is 0.130 e. The minimum atomic E-state index is 0.176. The van der Waals surface area contributed by atoms with Crippen molar-refractivity contribution < 1.29 is 14.6 Å². The van der Waals surface area contributed by atoms with Gasteiger partial charge in [0.1, 0.15) is 17.2 Å². The second-order valence-electron chi connectivity index (χ2n) is 2.86. The molecule has 0 aliphatic heterocycles. The van der Waals surface area contributed by atoms with Gasteiger partial charge in [0.15, 0.2) is 0 Å². The van der Waals surface area contributed by atoms with Crippen molar-refractivity contribution in [1.82, 2.24) is 5.32 Å². The number of nitrogens with one attached hydrogen (secondary N) is 1. The first-order valence-electron chi connectivity index (χ1n) is 4.31. The maximum absolute atomic E-state index is 9.67. The molecule has 4 nitrogen and oxygen atoms in total. The zero-order valence-corrected chi connectivity index (χ0v) is 8.63. The van der Waals surface area contributed by atoms with E-state index >= 15 is 0 Å². The predicted octanol–water partition coefficient (Wildman–Crippen LogP) is 1.13. The first kappa shape index (κ1) is 10.7. The monoisotopic (exact) mass is 197 g/mol. The molecule has 4 heteroatoms. The Morgan fingerprint density at radius 3 is 2.50 bits per heavy atom. The SMILES string of the molecule is CNCc1c(O)cc(OC)cc1OC. The standard InChI is InChI=1S/C10H15NO3/c1-11-6-8-9(12)4-7(13-2)5-10(8)14-3/h4-5,11-12H,6H2,1-3H3. The van der Waals surface area contributed by atoms with Gasteiger partial charge in [-0.05, 0) is 7.05 Å². The Balaban J connectivity index is 3.13. The summed E-state index contributed by atoms with van der Waals surface area (Å²) >= 11 is 0. The molecule has 0 aliphatic carbocycles. The fourth-order valence-corrected chi connectivity index (χ4v) is 1.26. The molecule has 0 radical (unpaired) electrons. The highest BCUT2D eigenvalue weighted by atomic mass is 16.5. The van der Waals surface area contributed by atoms with Crippen molar-refractivity contribution in [3.8, 4) is 17.2 Å². The van der Waals surface area contributed by atoms with E-state index in [1.807, 2.05) is 7.05 Å². The van der Waals surface area contributed by atoms with Gasteiger partial charge < -0.3 is 19.9 Å². The Labute approximate surface area is 83.5 Å². The van der Waals surface area contributed by atoms with Crippen LogP contribution in [0.1, 0.15) is 5.56 Å². The van der Waals surface area contributed by atoms with Gasteiger partial charge in [-0.15, -0.1) is 0 Å². The molecule has 0 atom stereocenters. The average Bonchev–Trinajstić information content (AvgIpc) is 2.20. The first-order valence-corrected chi connectivity index (χ1v) is 4.31. The molecule has 0 fully saturated rings.